The van der Waals surface area contributed by atoms with Gasteiger partial charge in [-0.2, -0.15) is 0 Å². The van der Waals surface area contributed by atoms with E-state index in [1.165, 1.54) is 12.3 Å². The van der Waals surface area contributed by atoms with Crippen LogP contribution < -0.4 is 10.6 Å². The predicted molar refractivity (Wildman–Crippen MR) is 72.1 cm³/mol. The number of nitro groups is 1. The minimum absolute atomic E-state index is 0. The molecule has 0 atom stereocenters. The van der Waals surface area contributed by atoms with Crippen LogP contribution in [-0.2, 0) is 0 Å². The number of nitrogens with two attached hydrogens (primary N) is 1. The number of nitrogens with zero attached hydrogens (tertiary/aromatic N) is 3. The van der Waals surface area contributed by atoms with Gasteiger partial charge >= 0.3 is 0 Å². The molecule has 7 heteroatoms. The van der Waals surface area contributed by atoms with Gasteiger partial charge < -0.3 is 10.6 Å². The number of pyridine rings is 1. The standard InChI is InChI=1S/C11H16N4O2.ClH/c12-7-9-3-5-14(6-4-9)11-2-1-10(8-13-11)15(16)17;/h1-2,8-9H,3-7,12H2;1H. The summed E-state index contributed by atoms with van der Waals surface area (Å²) in [6, 6.07) is 3.21. The van der Waals surface area contributed by atoms with Crippen molar-refractivity contribution in [3.05, 3.63) is 28.4 Å². The molecule has 2 N–H and O–H groups in total. The van der Waals surface area contributed by atoms with Crippen molar-refractivity contribution in [2.75, 3.05) is 24.5 Å². The summed E-state index contributed by atoms with van der Waals surface area (Å²) in [5.41, 5.74) is 5.66. The van der Waals surface area contributed by atoms with E-state index < -0.39 is 4.92 Å². The normalized spacial score (nSPS) is 16.2. The molecule has 1 aliphatic rings. The minimum atomic E-state index is -0.433. The Morgan fingerprint density at radius 1 is 1.44 bits per heavy atom. The van der Waals surface area contributed by atoms with E-state index in [1.807, 2.05) is 0 Å². The largest absolute Gasteiger partial charge is 0.357 e. The van der Waals surface area contributed by atoms with Gasteiger partial charge in [0.05, 0.1) is 4.92 Å². The molecule has 1 saturated heterocycles. The van der Waals surface area contributed by atoms with Gasteiger partial charge in [0, 0.05) is 19.2 Å². The Balaban J connectivity index is 0.00000162. The van der Waals surface area contributed by atoms with Crippen molar-refractivity contribution in [3.63, 3.8) is 0 Å². The number of halogens is 1. The zero-order valence-electron chi connectivity index (χ0n) is 9.99. The van der Waals surface area contributed by atoms with Gasteiger partial charge in [0.15, 0.2) is 0 Å². The van der Waals surface area contributed by atoms with Crippen LogP contribution in [0.15, 0.2) is 18.3 Å². The van der Waals surface area contributed by atoms with Crippen LogP contribution in [0.3, 0.4) is 0 Å². The molecule has 0 amide bonds. The highest BCUT2D eigenvalue weighted by Gasteiger charge is 2.19. The maximum absolute atomic E-state index is 10.5. The van der Waals surface area contributed by atoms with Crippen LogP contribution in [0.1, 0.15) is 12.8 Å². The smallest absolute Gasteiger partial charge is 0.287 e. The second-order valence-corrected chi connectivity index (χ2v) is 4.30. The van der Waals surface area contributed by atoms with Crippen LogP contribution in [0.4, 0.5) is 11.5 Å². The maximum Gasteiger partial charge on any atom is 0.287 e. The summed E-state index contributed by atoms with van der Waals surface area (Å²) in [4.78, 5) is 16.4. The first-order valence-corrected chi connectivity index (χ1v) is 5.76. The second-order valence-electron chi connectivity index (χ2n) is 4.30. The molecule has 0 unspecified atom stereocenters. The van der Waals surface area contributed by atoms with Crippen LogP contribution >= 0.6 is 12.4 Å². The fourth-order valence-electron chi connectivity index (χ4n) is 2.07. The van der Waals surface area contributed by atoms with Gasteiger partial charge in [-0.1, -0.05) is 0 Å². The summed E-state index contributed by atoms with van der Waals surface area (Å²) in [7, 11) is 0. The zero-order valence-corrected chi connectivity index (χ0v) is 10.8. The molecule has 0 aliphatic carbocycles. The SMILES string of the molecule is Cl.NCC1CCN(c2ccc([N+](=O)[O-])cn2)CC1. The lowest BCUT2D eigenvalue weighted by Crippen LogP contribution is -2.36. The van der Waals surface area contributed by atoms with Crippen molar-refractivity contribution >= 4 is 23.9 Å². The minimum Gasteiger partial charge on any atom is -0.357 e. The van der Waals surface area contributed by atoms with Crippen LogP contribution in [0.2, 0.25) is 0 Å². The molecule has 1 aliphatic heterocycles. The molecule has 0 aromatic carbocycles. The van der Waals surface area contributed by atoms with Gasteiger partial charge in [-0.3, -0.25) is 10.1 Å². The predicted octanol–water partition coefficient (Wildman–Crippen LogP) is 1.59. The van der Waals surface area contributed by atoms with E-state index in [0.717, 1.165) is 38.3 Å². The van der Waals surface area contributed by atoms with Crippen molar-refractivity contribution in [2.45, 2.75) is 12.8 Å². The molecule has 1 aromatic heterocycles. The monoisotopic (exact) mass is 272 g/mol. The van der Waals surface area contributed by atoms with E-state index in [4.69, 9.17) is 5.73 Å². The second kappa shape index (κ2) is 6.51. The van der Waals surface area contributed by atoms with E-state index in [1.54, 1.807) is 6.07 Å². The van der Waals surface area contributed by atoms with E-state index in [9.17, 15) is 10.1 Å². The van der Waals surface area contributed by atoms with Gasteiger partial charge in [0.25, 0.3) is 5.69 Å². The number of hydrogen-bond acceptors (Lipinski definition) is 5. The zero-order chi connectivity index (χ0) is 12.3. The van der Waals surface area contributed by atoms with Crippen molar-refractivity contribution in [3.8, 4) is 0 Å². The Hall–Kier alpha value is -1.40. The molecule has 1 fully saturated rings. The molecule has 2 rings (SSSR count). The first kappa shape index (κ1) is 14.7. The summed E-state index contributed by atoms with van der Waals surface area (Å²) in [6.45, 7) is 2.58. The summed E-state index contributed by atoms with van der Waals surface area (Å²) in [6.07, 6.45) is 3.44. The highest BCUT2D eigenvalue weighted by molar-refractivity contribution is 5.85. The third-order valence-electron chi connectivity index (χ3n) is 3.21. The summed E-state index contributed by atoms with van der Waals surface area (Å²) in [5.74, 6) is 1.41. The lowest BCUT2D eigenvalue weighted by atomic mass is 9.97. The molecule has 0 saturated carbocycles. The molecule has 0 radical (unpaired) electrons. The van der Waals surface area contributed by atoms with E-state index in [0.29, 0.717) is 5.92 Å². The lowest BCUT2D eigenvalue weighted by molar-refractivity contribution is -0.385. The van der Waals surface area contributed by atoms with Crippen LogP contribution in [0.25, 0.3) is 0 Å². The van der Waals surface area contributed by atoms with Gasteiger partial charge in [-0.25, -0.2) is 4.98 Å². The molecule has 6 nitrogen and oxygen atoms in total. The van der Waals surface area contributed by atoms with Crippen molar-refractivity contribution < 1.29 is 4.92 Å². The van der Waals surface area contributed by atoms with E-state index >= 15 is 0 Å². The van der Waals surface area contributed by atoms with Crippen molar-refractivity contribution in [1.82, 2.24) is 4.98 Å². The third-order valence-corrected chi connectivity index (χ3v) is 3.21. The van der Waals surface area contributed by atoms with Gasteiger partial charge in [-0.05, 0) is 31.4 Å². The molecular weight excluding hydrogens is 256 g/mol. The first-order chi connectivity index (χ1) is 8.20. The molecule has 1 aromatic rings. The molecule has 2 heterocycles. The highest BCUT2D eigenvalue weighted by Crippen LogP contribution is 2.22. The lowest BCUT2D eigenvalue weighted by Gasteiger charge is -2.32. The van der Waals surface area contributed by atoms with E-state index in [-0.39, 0.29) is 18.1 Å². The fourth-order valence-corrected chi connectivity index (χ4v) is 2.07. The van der Waals surface area contributed by atoms with Crippen molar-refractivity contribution in [2.24, 2.45) is 11.7 Å². The average Bonchev–Trinajstić information content (AvgIpc) is 2.39. The number of rotatable bonds is 3. The summed E-state index contributed by atoms with van der Waals surface area (Å²) < 4.78 is 0. The number of hydrogen-bond donors (Lipinski definition) is 1. The quantitative estimate of drug-likeness (QED) is 0.667. The van der Waals surface area contributed by atoms with Gasteiger partial charge in [0.2, 0.25) is 0 Å². The molecule has 100 valence electrons. The Labute approximate surface area is 112 Å². The Kier molecular flexibility index (Phi) is 5.30. The Morgan fingerprint density at radius 3 is 2.56 bits per heavy atom. The summed E-state index contributed by atoms with van der Waals surface area (Å²) in [5, 5.41) is 10.5. The highest BCUT2D eigenvalue weighted by atomic mass is 35.5. The third kappa shape index (κ3) is 3.30. The van der Waals surface area contributed by atoms with Crippen molar-refractivity contribution in [1.29, 1.82) is 0 Å². The Morgan fingerprint density at radius 2 is 2.11 bits per heavy atom. The fraction of sp³-hybridized carbons (Fsp3) is 0.545. The topological polar surface area (TPSA) is 85.3 Å². The molecule has 0 spiro atoms. The van der Waals surface area contributed by atoms with E-state index in [2.05, 4.69) is 9.88 Å². The van der Waals surface area contributed by atoms with Crippen LogP contribution in [0, 0.1) is 16.0 Å². The van der Waals surface area contributed by atoms with Crippen LogP contribution in [0.5, 0.6) is 0 Å². The molecule has 0 bridgehead atoms. The molecule has 18 heavy (non-hydrogen) atoms. The van der Waals surface area contributed by atoms with Gasteiger partial charge in [0.1, 0.15) is 12.0 Å². The maximum atomic E-state index is 10.5. The van der Waals surface area contributed by atoms with Gasteiger partial charge in [-0.15, -0.1) is 12.4 Å². The first-order valence-electron chi connectivity index (χ1n) is 5.76. The number of anilines is 1. The summed E-state index contributed by atoms with van der Waals surface area (Å²) >= 11 is 0. The molecular formula is C11H17ClN4O2. The number of piperidine rings is 1. The average molecular weight is 273 g/mol. The number of aromatic nitrogens is 1. The van der Waals surface area contributed by atoms with Crippen LogP contribution in [-0.4, -0.2) is 29.5 Å². The Bertz CT molecular complexity index is 391.